The van der Waals surface area contributed by atoms with E-state index in [1.54, 1.807) is 0 Å². The van der Waals surface area contributed by atoms with E-state index >= 15 is 0 Å². The summed E-state index contributed by atoms with van der Waals surface area (Å²) in [6.07, 6.45) is 6.74. The first-order valence-corrected chi connectivity index (χ1v) is 20.6. The number of allylic oxidation sites excluding steroid dienone is 1. The largest absolute Gasteiger partial charge is 0.310 e. The molecule has 284 valence electrons. The molecule has 0 heterocycles. The second-order valence-corrected chi connectivity index (χ2v) is 14.8. The van der Waals surface area contributed by atoms with Gasteiger partial charge < -0.3 is 9.80 Å². The number of benzene rings is 9. The second-order valence-electron chi connectivity index (χ2n) is 14.8. The van der Waals surface area contributed by atoms with Crippen LogP contribution in [0.5, 0.6) is 0 Å². The topological polar surface area (TPSA) is 6.48 Å². The maximum atomic E-state index is 2.37. The highest BCUT2D eigenvalue weighted by atomic mass is 15.1. The van der Waals surface area contributed by atoms with Crippen molar-refractivity contribution in [3.05, 3.63) is 222 Å². The highest BCUT2D eigenvalue weighted by Crippen LogP contribution is 2.39. The van der Waals surface area contributed by atoms with Gasteiger partial charge in [0.2, 0.25) is 0 Å². The van der Waals surface area contributed by atoms with Crippen LogP contribution >= 0.6 is 0 Å². The van der Waals surface area contributed by atoms with Gasteiger partial charge in [-0.05, 0) is 143 Å². The molecule has 0 amide bonds. The Morgan fingerprint density at radius 1 is 0.345 bits per heavy atom. The average Bonchev–Trinajstić information content (AvgIpc) is 3.28. The predicted octanol–water partition coefficient (Wildman–Crippen LogP) is 16.4. The summed E-state index contributed by atoms with van der Waals surface area (Å²) in [5.74, 6) is 0. The Morgan fingerprint density at radius 2 is 0.690 bits per heavy atom. The first-order valence-electron chi connectivity index (χ1n) is 20.6. The molecule has 0 aliphatic heterocycles. The predicted molar refractivity (Wildman–Crippen MR) is 253 cm³/mol. The maximum absolute atomic E-state index is 2.37. The first kappa shape index (κ1) is 38.0. The summed E-state index contributed by atoms with van der Waals surface area (Å²) in [7, 11) is 0. The third kappa shape index (κ3) is 8.28. The average molecular weight is 751 g/mol. The maximum Gasteiger partial charge on any atom is 0.0468 e. The van der Waals surface area contributed by atoms with Crippen molar-refractivity contribution in [1.82, 2.24) is 0 Å². The molecule has 9 aromatic rings. The van der Waals surface area contributed by atoms with Crippen LogP contribution in [0.15, 0.2) is 200 Å². The van der Waals surface area contributed by atoms with Gasteiger partial charge in [-0.1, -0.05) is 158 Å². The van der Waals surface area contributed by atoms with Gasteiger partial charge >= 0.3 is 0 Å². The molecule has 0 atom stereocenters. The molecule has 58 heavy (non-hydrogen) atoms. The van der Waals surface area contributed by atoms with E-state index in [0.29, 0.717) is 0 Å². The van der Waals surface area contributed by atoms with Gasteiger partial charge in [0.25, 0.3) is 0 Å². The molecule has 2 nitrogen and oxygen atoms in total. The van der Waals surface area contributed by atoms with E-state index in [1.165, 1.54) is 71.6 Å². The van der Waals surface area contributed by atoms with Crippen molar-refractivity contribution in [3.8, 4) is 0 Å². The zero-order valence-corrected chi connectivity index (χ0v) is 33.9. The zero-order chi connectivity index (χ0) is 39.8. The van der Waals surface area contributed by atoms with E-state index in [2.05, 4.69) is 230 Å². The van der Waals surface area contributed by atoms with E-state index in [0.717, 1.165) is 29.9 Å². The summed E-state index contributed by atoms with van der Waals surface area (Å²) in [6, 6.07) is 70.0. The summed E-state index contributed by atoms with van der Waals surface area (Å²) in [4.78, 5) is 4.70. The normalized spacial score (nSPS) is 11.6. The van der Waals surface area contributed by atoms with E-state index in [9.17, 15) is 0 Å². The molecule has 0 radical (unpaired) electrons. The molecule has 9 aromatic carbocycles. The van der Waals surface area contributed by atoms with Crippen LogP contribution in [-0.4, -0.2) is 0 Å². The molecule has 2 heteroatoms. The van der Waals surface area contributed by atoms with Crippen LogP contribution in [0.1, 0.15) is 42.5 Å². The second kappa shape index (κ2) is 17.5. The van der Waals surface area contributed by atoms with E-state index in [1.807, 2.05) is 13.8 Å². The smallest absolute Gasteiger partial charge is 0.0468 e. The summed E-state index contributed by atoms with van der Waals surface area (Å²) in [6.45, 7) is 8.26. The quantitative estimate of drug-likeness (QED) is 0.167. The number of hydrogen-bond acceptors (Lipinski definition) is 2. The molecule has 0 saturated carbocycles. The fourth-order valence-electron chi connectivity index (χ4n) is 7.79. The van der Waals surface area contributed by atoms with Crippen LogP contribution in [0.3, 0.4) is 0 Å². The molecule has 0 aromatic heterocycles. The minimum absolute atomic E-state index is 1.11. The lowest BCUT2D eigenvalue weighted by molar-refractivity contribution is 0.984. The van der Waals surface area contributed by atoms with Crippen LogP contribution in [0.4, 0.5) is 34.1 Å². The van der Waals surface area contributed by atoms with E-state index in [4.69, 9.17) is 0 Å². The Morgan fingerprint density at radius 3 is 1.10 bits per heavy atom. The van der Waals surface area contributed by atoms with Crippen LogP contribution < -0.4 is 9.80 Å². The Balaban J connectivity index is 0.000000155. The lowest BCUT2D eigenvalue weighted by Gasteiger charge is -2.27. The molecule has 0 bridgehead atoms. The van der Waals surface area contributed by atoms with Crippen LogP contribution in [0.2, 0.25) is 0 Å². The third-order valence-electron chi connectivity index (χ3n) is 10.8. The van der Waals surface area contributed by atoms with Crippen molar-refractivity contribution in [2.75, 3.05) is 9.80 Å². The molecular weight excluding hydrogens is 701 g/mol. The minimum atomic E-state index is 1.11. The summed E-state index contributed by atoms with van der Waals surface area (Å²) >= 11 is 0. The highest BCUT2D eigenvalue weighted by Gasteiger charge is 2.16. The molecule has 10 rings (SSSR count). The molecular formula is C56H50N2. The summed E-state index contributed by atoms with van der Waals surface area (Å²) < 4.78 is 0. The van der Waals surface area contributed by atoms with Crippen molar-refractivity contribution in [2.45, 2.75) is 40.5 Å². The minimum Gasteiger partial charge on any atom is -0.310 e. The van der Waals surface area contributed by atoms with Gasteiger partial charge in [-0.25, -0.2) is 0 Å². The monoisotopic (exact) mass is 750 g/mol. The molecule has 1 aliphatic carbocycles. The van der Waals surface area contributed by atoms with Gasteiger partial charge in [-0.3, -0.25) is 0 Å². The SMILES string of the molecule is CC.Cc1ccc(N(c2ccc3c(c2)CCC=C3)c2ccc3ccccc3c2)cc1.Cc1ccc(N(c2ccc3ccccc3c2)c2ccc3ccccc3c2)cc1. The number of fused-ring (bicyclic) bond motifs is 4. The van der Waals surface area contributed by atoms with Crippen molar-refractivity contribution in [2.24, 2.45) is 0 Å². The molecule has 0 N–H and O–H groups in total. The highest BCUT2D eigenvalue weighted by molar-refractivity contribution is 5.93. The Kier molecular flexibility index (Phi) is 11.5. The van der Waals surface area contributed by atoms with Gasteiger partial charge in [-0.2, -0.15) is 0 Å². The lowest BCUT2D eigenvalue weighted by Crippen LogP contribution is -2.11. The number of anilines is 6. The van der Waals surface area contributed by atoms with Crippen molar-refractivity contribution in [3.63, 3.8) is 0 Å². The van der Waals surface area contributed by atoms with Crippen LogP contribution in [0.25, 0.3) is 38.4 Å². The van der Waals surface area contributed by atoms with E-state index < -0.39 is 0 Å². The zero-order valence-electron chi connectivity index (χ0n) is 33.9. The third-order valence-corrected chi connectivity index (χ3v) is 10.8. The van der Waals surface area contributed by atoms with Crippen molar-refractivity contribution < 1.29 is 0 Å². The van der Waals surface area contributed by atoms with Crippen LogP contribution in [-0.2, 0) is 6.42 Å². The van der Waals surface area contributed by atoms with Crippen molar-refractivity contribution in [1.29, 1.82) is 0 Å². The lowest BCUT2D eigenvalue weighted by atomic mass is 9.96. The fraction of sp³-hybridized carbons (Fsp3) is 0.107. The number of rotatable bonds is 6. The molecule has 0 fully saturated rings. The number of aryl methyl sites for hydroxylation is 3. The molecule has 1 aliphatic rings. The van der Waals surface area contributed by atoms with Gasteiger partial charge in [0.15, 0.2) is 0 Å². The Hall–Kier alpha value is -6.90. The Bertz CT molecular complexity index is 2750. The number of hydrogen-bond donors (Lipinski definition) is 0. The van der Waals surface area contributed by atoms with Crippen LogP contribution in [0, 0.1) is 13.8 Å². The fourth-order valence-corrected chi connectivity index (χ4v) is 7.79. The number of nitrogens with zero attached hydrogens (tertiary/aromatic N) is 2. The van der Waals surface area contributed by atoms with Gasteiger partial charge in [0.05, 0.1) is 0 Å². The standard InChI is InChI=1S/C27H23N.C27H21N.C2H6/c2*1-20-10-14-25(15-11-20)28(26-16-12-21-6-2-4-8-23(21)18-26)27-17-13-22-7-3-5-9-24(22)19-27;1-2/h2-4,6-8,10-19H,5,9H2,1H3;2-19H,1H3;1-2H3. The Labute approximate surface area is 344 Å². The molecule has 0 unspecified atom stereocenters. The van der Waals surface area contributed by atoms with Crippen molar-refractivity contribution >= 4 is 72.5 Å². The van der Waals surface area contributed by atoms with E-state index in [-0.39, 0.29) is 0 Å². The summed E-state index contributed by atoms with van der Waals surface area (Å²) in [5, 5.41) is 7.54. The van der Waals surface area contributed by atoms with Gasteiger partial charge in [-0.15, -0.1) is 0 Å². The van der Waals surface area contributed by atoms with Gasteiger partial charge in [0, 0.05) is 34.1 Å². The molecule has 0 spiro atoms. The molecule has 0 saturated heterocycles. The first-order chi connectivity index (χ1) is 28.6. The van der Waals surface area contributed by atoms with Gasteiger partial charge in [0.1, 0.15) is 0 Å². The summed E-state index contributed by atoms with van der Waals surface area (Å²) in [5.41, 5.74) is 12.4.